The number of anilines is 1. The number of rotatable bonds is 6. The van der Waals surface area contributed by atoms with Gasteiger partial charge in [0.1, 0.15) is 4.90 Å². The molecule has 0 aliphatic carbocycles. The zero-order chi connectivity index (χ0) is 20.1. The Labute approximate surface area is 169 Å². The van der Waals surface area contributed by atoms with Crippen LogP contribution in [0, 0.1) is 6.92 Å². The molecule has 1 saturated heterocycles. The van der Waals surface area contributed by atoms with E-state index in [-0.39, 0.29) is 16.1 Å². The van der Waals surface area contributed by atoms with Gasteiger partial charge in [-0.15, -0.1) is 0 Å². The van der Waals surface area contributed by atoms with E-state index in [1.54, 1.807) is 13.0 Å². The van der Waals surface area contributed by atoms with Gasteiger partial charge in [-0.05, 0) is 37.6 Å². The lowest BCUT2D eigenvalue weighted by Gasteiger charge is -2.25. The zero-order valence-electron chi connectivity index (χ0n) is 15.8. The summed E-state index contributed by atoms with van der Waals surface area (Å²) in [5.41, 5.74) is 1.77. The number of carbonyl (C=O) groups is 1. The van der Waals surface area contributed by atoms with Crippen LogP contribution in [0.15, 0.2) is 52.5 Å². The molecule has 7 nitrogen and oxygen atoms in total. The van der Waals surface area contributed by atoms with E-state index in [0.29, 0.717) is 31.3 Å². The van der Waals surface area contributed by atoms with Crippen LogP contribution in [0.3, 0.4) is 0 Å². The third-order valence-electron chi connectivity index (χ3n) is 4.39. The largest absolute Gasteiger partial charge is 0.379 e. The van der Waals surface area contributed by atoms with Crippen molar-refractivity contribution in [2.24, 2.45) is 0 Å². The molecule has 1 aromatic carbocycles. The first-order chi connectivity index (χ1) is 13.4. The molecule has 3 rings (SSSR count). The van der Waals surface area contributed by atoms with E-state index < -0.39 is 10.0 Å². The molecule has 1 amide bonds. The number of sulfonamides is 1. The first-order valence-corrected chi connectivity index (χ1v) is 11.3. The third kappa shape index (κ3) is 4.91. The van der Waals surface area contributed by atoms with Gasteiger partial charge in [0.05, 0.1) is 23.5 Å². The monoisotopic (exact) mass is 421 g/mol. The van der Waals surface area contributed by atoms with Crippen LogP contribution in [0.25, 0.3) is 0 Å². The van der Waals surface area contributed by atoms with Crippen LogP contribution in [0.5, 0.6) is 0 Å². The molecular formula is C19H23N3O4S2. The van der Waals surface area contributed by atoms with Crippen molar-refractivity contribution in [3.05, 3.63) is 48.2 Å². The lowest BCUT2D eigenvalue weighted by atomic mass is 10.2. The predicted octanol–water partition coefficient (Wildman–Crippen LogP) is 2.53. The molecule has 1 unspecified atom stereocenters. The Bertz CT molecular complexity index is 926. The highest BCUT2D eigenvalue weighted by molar-refractivity contribution is 8.00. The maximum atomic E-state index is 12.6. The lowest BCUT2D eigenvalue weighted by Crippen LogP contribution is -2.40. The zero-order valence-corrected chi connectivity index (χ0v) is 17.4. The lowest BCUT2D eigenvalue weighted by molar-refractivity contribution is -0.115. The predicted molar refractivity (Wildman–Crippen MR) is 109 cm³/mol. The number of nitrogens with one attached hydrogen (secondary N) is 1. The molecule has 28 heavy (non-hydrogen) atoms. The third-order valence-corrected chi connectivity index (χ3v) is 7.32. The minimum absolute atomic E-state index is 0.133. The molecule has 1 aliphatic heterocycles. The van der Waals surface area contributed by atoms with Gasteiger partial charge in [-0.2, -0.15) is 4.31 Å². The van der Waals surface area contributed by atoms with E-state index in [0.717, 1.165) is 11.3 Å². The van der Waals surface area contributed by atoms with Crippen LogP contribution in [0.1, 0.15) is 12.5 Å². The number of ether oxygens (including phenoxy) is 1. The van der Waals surface area contributed by atoms with Crippen molar-refractivity contribution in [1.29, 1.82) is 0 Å². The number of hydrogen-bond donors (Lipinski definition) is 1. The van der Waals surface area contributed by atoms with Crippen LogP contribution >= 0.6 is 11.8 Å². The molecule has 1 fully saturated rings. The summed E-state index contributed by atoms with van der Waals surface area (Å²) in [5, 5.41) is 3.12. The highest BCUT2D eigenvalue weighted by Gasteiger charge is 2.26. The fourth-order valence-electron chi connectivity index (χ4n) is 2.71. The summed E-state index contributed by atoms with van der Waals surface area (Å²) in [5.74, 6) is -0.133. The number of amides is 1. The van der Waals surface area contributed by atoms with Gasteiger partial charge in [0.2, 0.25) is 15.9 Å². The standard InChI is InChI=1S/C19H23N3O4S2/c1-14-5-3-4-6-17(14)21-19(23)15(2)27-18-8-7-16(13-20-18)28(24,25)22-9-11-26-12-10-22/h3-8,13,15H,9-12H2,1-2H3,(H,21,23). The Hall–Kier alpha value is -1.94. The number of benzene rings is 1. The molecule has 9 heteroatoms. The molecule has 1 aliphatic rings. The van der Waals surface area contributed by atoms with Gasteiger partial charge in [0, 0.05) is 25.0 Å². The Morgan fingerprint density at radius 2 is 1.93 bits per heavy atom. The molecule has 0 spiro atoms. The van der Waals surface area contributed by atoms with Gasteiger partial charge in [-0.25, -0.2) is 13.4 Å². The maximum absolute atomic E-state index is 12.6. The van der Waals surface area contributed by atoms with Gasteiger partial charge >= 0.3 is 0 Å². The quantitative estimate of drug-likeness (QED) is 0.721. The summed E-state index contributed by atoms with van der Waals surface area (Å²) < 4.78 is 31.9. The van der Waals surface area contributed by atoms with Crippen LogP contribution in [-0.2, 0) is 19.6 Å². The number of hydrogen-bond acceptors (Lipinski definition) is 6. The van der Waals surface area contributed by atoms with Crippen molar-refractivity contribution in [3.63, 3.8) is 0 Å². The molecule has 0 radical (unpaired) electrons. The number of carbonyl (C=O) groups excluding carboxylic acids is 1. The van der Waals surface area contributed by atoms with Crippen molar-refractivity contribution >= 4 is 33.4 Å². The van der Waals surface area contributed by atoms with Crippen molar-refractivity contribution in [2.75, 3.05) is 31.6 Å². The van der Waals surface area contributed by atoms with Crippen molar-refractivity contribution in [2.45, 2.75) is 29.0 Å². The van der Waals surface area contributed by atoms with Gasteiger partial charge in [0.25, 0.3) is 0 Å². The second kappa shape index (κ2) is 9.04. The van der Waals surface area contributed by atoms with Gasteiger partial charge in [0.15, 0.2) is 0 Å². The van der Waals surface area contributed by atoms with Crippen molar-refractivity contribution < 1.29 is 17.9 Å². The normalized spacial score (nSPS) is 16.5. The highest BCUT2D eigenvalue weighted by Crippen LogP contribution is 2.25. The minimum atomic E-state index is -3.57. The fourth-order valence-corrected chi connectivity index (χ4v) is 4.85. The summed E-state index contributed by atoms with van der Waals surface area (Å²) in [7, 11) is -3.57. The Morgan fingerprint density at radius 1 is 1.21 bits per heavy atom. The summed E-state index contributed by atoms with van der Waals surface area (Å²) in [6.07, 6.45) is 1.35. The molecule has 1 atom stereocenters. The van der Waals surface area contributed by atoms with Gasteiger partial charge < -0.3 is 10.1 Å². The number of aromatic nitrogens is 1. The Kier molecular flexibility index (Phi) is 6.71. The molecule has 2 aromatic rings. The van der Waals surface area contributed by atoms with Crippen LogP contribution in [0.4, 0.5) is 5.69 Å². The fraction of sp³-hybridized carbons (Fsp3) is 0.368. The highest BCUT2D eigenvalue weighted by atomic mass is 32.2. The first-order valence-electron chi connectivity index (χ1n) is 8.95. The number of nitrogens with zero attached hydrogens (tertiary/aromatic N) is 2. The van der Waals surface area contributed by atoms with Gasteiger partial charge in [-0.1, -0.05) is 30.0 Å². The molecule has 2 heterocycles. The average molecular weight is 422 g/mol. The van der Waals surface area contributed by atoms with E-state index in [1.807, 2.05) is 31.2 Å². The molecule has 0 saturated carbocycles. The Morgan fingerprint density at radius 3 is 2.57 bits per heavy atom. The maximum Gasteiger partial charge on any atom is 0.244 e. The summed E-state index contributed by atoms with van der Waals surface area (Å²) in [6.45, 7) is 5.20. The topological polar surface area (TPSA) is 88.6 Å². The number of aryl methyl sites for hydroxylation is 1. The molecular weight excluding hydrogens is 398 g/mol. The van der Waals surface area contributed by atoms with Crippen LogP contribution < -0.4 is 5.32 Å². The molecule has 150 valence electrons. The number of para-hydroxylation sites is 1. The van der Waals surface area contributed by atoms with E-state index in [1.165, 1.54) is 28.3 Å². The van der Waals surface area contributed by atoms with Crippen LogP contribution in [-0.4, -0.2) is 55.2 Å². The number of thioether (sulfide) groups is 1. The molecule has 1 aromatic heterocycles. The summed E-state index contributed by atoms with van der Waals surface area (Å²) >= 11 is 1.28. The average Bonchev–Trinajstić information content (AvgIpc) is 2.70. The summed E-state index contributed by atoms with van der Waals surface area (Å²) in [4.78, 5) is 16.8. The SMILES string of the molecule is Cc1ccccc1NC(=O)C(C)Sc1ccc(S(=O)(=O)N2CCOCC2)cn1. The number of pyridine rings is 1. The van der Waals surface area contributed by atoms with E-state index >= 15 is 0 Å². The smallest absolute Gasteiger partial charge is 0.244 e. The van der Waals surface area contributed by atoms with Crippen LogP contribution in [0.2, 0.25) is 0 Å². The van der Waals surface area contributed by atoms with E-state index in [2.05, 4.69) is 10.3 Å². The summed E-state index contributed by atoms with van der Waals surface area (Å²) in [6, 6.07) is 10.7. The molecule has 0 bridgehead atoms. The second-order valence-electron chi connectivity index (χ2n) is 6.41. The van der Waals surface area contributed by atoms with E-state index in [4.69, 9.17) is 4.74 Å². The molecule has 1 N–H and O–H groups in total. The van der Waals surface area contributed by atoms with Crippen molar-refractivity contribution in [1.82, 2.24) is 9.29 Å². The minimum Gasteiger partial charge on any atom is -0.379 e. The Balaban J connectivity index is 1.63. The van der Waals surface area contributed by atoms with E-state index in [9.17, 15) is 13.2 Å². The second-order valence-corrected chi connectivity index (χ2v) is 9.71. The number of morpholine rings is 1. The van der Waals surface area contributed by atoms with Gasteiger partial charge in [-0.3, -0.25) is 4.79 Å². The first kappa shape index (κ1) is 20.8. The van der Waals surface area contributed by atoms with Crippen molar-refractivity contribution in [3.8, 4) is 0 Å².